The predicted octanol–water partition coefficient (Wildman–Crippen LogP) is 6.81. The summed E-state index contributed by atoms with van der Waals surface area (Å²) in [5.74, 6) is 1.58. The van der Waals surface area contributed by atoms with Gasteiger partial charge in [-0.3, -0.25) is 0 Å². The molecule has 0 saturated heterocycles. The van der Waals surface area contributed by atoms with Crippen LogP contribution in [0.3, 0.4) is 0 Å². The molecule has 2 atom stereocenters. The van der Waals surface area contributed by atoms with Gasteiger partial charge in [0.15, 0.2) is 0 Å². The first kappa shape index (κ1) is 18.3. The van der Waals surface area contributed by atoms with Crippen molar-refractivity contribution in [3.05, 3.63) is 69.2 Å². The molecule has 0 spiro atoms. The molecule has 0 unspecified atom stereocenters. The van der Waals surface area contributed by atoms with Crippen LogP contribution in [0.1, 0.15) is 55.7 Å². The van der Waals surface area contributed by atoms with Crippen molar-refractivity contribution < 1.29 is 4.84 Å². The molecule has 0 aromatic heterocycles. The Morgan fingerprint density at radius 3 is 2.36 bits per heavy atom. The fraction of sp³-hybridized carbons (Fsp3) is 0.381. The fourth-order valence-electron chi connectivity index (χ4n) is 3.09. The van der Waals surface area contributed by atoms with Crippen LogP contribution in [0, 0.1) is 5.92 Å². The van der Waals surface area contributed by atoms with Crippen LogP contribution in [0.4, 0.5) is 0 Å². The van der Waals surface area contributed by atoms with Gasteiger partial charge in [0, 0.05) is 21.5 Å². The van der Waals surface area contributed by atoms with Crippen LogP contribution in [-0.4, -0.2) is 5.71 Å². The normalized spacial score (nSPS) is 20.0. The zero-order valence-electron chi connectivity index (χ0n) is 14.8. The van der Waals surface area contributed by atoms with Gasteiger partial charge in [0.25, 0.3) is 0 Å². The van der Waals surface area contributed by atoms with Crippen molar-refractivity contribution in [2.75, 3.05) is 0 Å². The number of rotatable bonds is 6. The predicted molar refractivity (Wildman–Crippen MR) is 106 cm³/mol. The molecule has 1 saturated carbocycles. The lowest BCUT2D eigenvalue weighted by molar-refractivity contribution is 0.129. The minimum Gasteiger partial charge on any atom is -0.391 e. The van der Waals surface area contributed by atoms with Crippen LogP contribution in [0.25, 0.3) is 0 Å². The van der Waals surface area contributed by atoms with Crippen molar-refractivity contribution in [1.82, 2.24) is 0 Å². The van der Waals surface area contributed by atoms with Crippen LogP contribution in [0.15, 0.2) is 47.6 Å². The molecule has 132 valence electrons. The summed E-state index contributed by atoms with van der Waals surface area (Å²) in [4.78, 5) is 5.50. The highest BCUT2D eigenvalue weighted by atomic mass is 35.5. The first-order valence-electron chi connectivity index (χ1n) is 8.66. The molecule has 0 amide bonds. The number of hydrogen-bond donors (Lipinski definition) is 0. The van der Waals surface area contributed by atoms with E-state index in [1.807, 2.05) is 13.0 Å². The molecule has 2 nitrogen and oxygen atoms in total. The van der Waals surface area contributed by atoms with Crippen LogP contribution >= 0.6 is 23.2 Å². The van der Waals surface area contributed by atoms with Crippen LogP contribution in [-0.2, 0) is 11.4 Å². The maximum absolute atomic E-state index is 6.14. The highest BCUT2D eigenvalue weighted by molar-refractivity contribution is 6.35. The Hall–Kier alpha value is -1.51. The monoisotopic (exact) mass is 375 g/mol. The summed E-state index contributed by atoms with van der Waals surface area (Å²) in [6.07, 6.45) is 1.13. The average molecular weight is 376 g/mol. The SMILES string of the molecule is C/C(=N/OCc1c(Cl)cccc1Cl)[C@@H]1C[C@@H]1c1ccc(C(C)C)cc1. The fourth-order valence-corrected chi connectivity index (χ4v) is 3.60. The number of oxime groups is 1. The molecule has 0 bridgehead atoms. The van der Waals surface area contributed by atoms with E-state index in [9.17, 15) is 0 Å². The van der Waals surface area contributed by atoms with Gasteiger partial charge in [-0.15, -0.1) is 0 Å². The van der Waals surface area contributed by atoms with E-state index in [-0.39, 0.29) is 6.61 Å². The van der Waals surface area contributed by atoms with Gasteiger partial charge in [-0.05, 0) is 48.4 Å². The molecule has 3 rings (SSSR count). The van der Waals surface area contributed by atoms with Crippen molar-refractivity contribution in [2.24, 2.45) is 11.1 Å². The number of hydrogen-bond acceptors (Lipinski definition) is 2. The second kappa shape index (κ2) is 7.80. The Balaban J connectivity index is 1.57. The van der Waals surface area contributed by atoms with Gasteiger partial charge in [0.05, 0.1) is 5.71 Å². The minimum atomic E-state index is 0.288. The molecule has 1 fully saturated rings. The summed E-state index contributed by atoms with van der Waals surface area (Å²) in [6, 6.07) is 14.4. The standard InChI is InChI=1S/C21H23Cl2NO/c1-13(2)15-7-9-16(10-8-15)18-11-17(18)14(3)24-25-12-19-20(22)5-4-6-21(19)23/h4-10,13,17-18H,11-12H2,1-3H3/b24-14-/t17-,18+/m0/s1. The van der Waals surface area contributed by atoms with E-state index in [1.165, 1.54) is 11.1 Å². The molecule has 0 aliphatic heterocycles. The lowest BCUT2D eigenvalue weighted by Gasteiger charge is -2.07. The maximum atomic E-state index is 6.14. The zero-order valence-corrected chi connectivity index (χ0v) is 16.3. The van der Waals surface area contributed by atoms with Gasteiger partial charge in [-0.2, -0.15) is 0 Å². The Labute approximate surface area is 159 Å². The Morgan fingerprint density at radius 2 is 1.76 bits per heavy atom. The first-order chi connectivity index (χ1) is 12.0. The quantitative estimate of drug-likeness (QED) is 0.401. The second-order valence-corrected chi connectivity index (χ2v) is 7.79. The number of halogens is 2. The lowest BCUT2D eigenvalue weighted by Crippen LogP contribution is -1.99. The van der Waals surface area contributed by atoms with E-state index in [2.05, 4.69) is 43.3 Å². The molecule has 25 heavy (non-hydrogen) atoms. The van der Waals surface area contributed by atoms with Crippen molar-refractivity contribution in [2.45, 2.75) is 45.6 Å². The Morgan fingerprint density at radius 1 is 1.12 bits per heavy atom. The molecule has 2 aromatic carbocycles. The molecule has 4 heteroatoms. The van der Waals surface area contributed by atoms with Crippen molar-refractivity contribution in [3.63, 3.8) is 0 Å². The molecule has 2 aromatic rings. The van der Waals surface area contributed by atoms with E-state index in [0.717, 1.165) is 17.7 Å². The molecule has 0 heterocycles. The van der Waals surface area contributed by atoms with Gasteiger partial charge in [0.2, 0.25) is 0 Å². The van der Waals surface area contributed by atoms with Gasteiger partial charge in [0.1, 0.15) is 6.61 Å². The summed E-state index contributed by atoms with van der Waals surface area (Å²) >= 11 is 12.3. The van der Waals surface area contributed by atoms with Crippen LogP contribution < -0.4 is 0 Å². The van der Waals surface area contributed by atoms with Crippen LogP contribution in [0.2, 0.25) is 10.0 Å². The molecule has 1 aliphatic carbocycles. The lowest BCUT2D eigenvalue weighted by atomic mass is 9.99. The Bertz CT molecular complexity index is 748. The van der Waals surface area contributed by atoms with E-state index >= 15 is 0 Å². The summed E-state index contributed by atoms with van der Waals surface area (Å²) < 4.78 is 0. The van der Waals surface area contributed by atoms with Crippen molar-refractivity contribution in [3.8, 4) is 0 Å². The molecule has 1 aliphatic rings. The summed E-state index contributed by atoms with van der Waals surface area (Å²) in [5, 5.41) is 5.50. The smallest absolute Gasteiger partial charge is 0.145 e. The largest absolute Gasteiger partial charge is 0.391 e. The summed E-state index contributed by atoms with van der Waals surface area (Å²) in [5.41, 5.74) is 4.57. The maximum Gasteiger partial charge on any atom is 0.145 e. The van der Waals surface area contributed by atoms with Gasteiger partial charge in [-0.1, -0.05) is 72.5 Å². The third kappa shape index (κ3) is 4.37. The highest BCUT2D eigenvalue weighted by Crippen LogP contribution is 2.48. The molecule has 0 N–H and O–H groups in total. The van der Waals surface area contributed by atoms with Gasteiger partial charge < -0.3 is 4.84 Å². The second-order valence-electron chi connectivity index (χ2n) is 6.98. The van der Waals surface area contributed by atoms with Crippen molar-refractivity contribution in [1.29, 1.82) is 0 Å². The number of nitrogens with zero attached hydrogens (tertiary/aromatic N) is 1. The third-order valence-electron chi connectivity index (χ3n) is 4.84. The summed E-state index contributed by atoms with van der Waals surface area (Å²) in [7, 11) is 0. The third-order valence-corrected chi connectivity index (χ3v) is 5.55. The van der Waals surface area contributed by atoms with E-state index in [4.69, 9.17) is 28.0 Å². The van der Waals surface area contributed by atoms with Gasteiger partial charge in [-0.25, -0.2) is 0 Å². The zero-order chi connectivity index (χ0) is 18.0. The first-order valence-corrected chi connectivity index (χ1v) is 9.42. The Kier molecular flexibility index (Phi) is 5.71. The molecule has 0 radical (unpaired) electrons. The minimum absolute atomic E-state index is 0.288. The van der Waals surface area contributed by atoms with E-state index in [0.29, 0.717) is 27.8 Å². The summed E-state index contributed by atoms with van der Waals surface area (Å²) in [6.45, 7) is 6.75. The van der Waals surface area contributed by atoms with Gasteiger partial charge >= 0.3 is 0 Å². The molecular formula is C21H23Cl2NO. The average Bonchev–Trinajstić information content (AvgIpc) is 3.38. The van der Waals surface area contributed by atoms with E-state index < -0.39 is 0 Å². The van der Waals surface area contributed by atoms with Crippen molar-refractivity contribution >= 4 is 28.9 Å². The number of benzene rings is 2. The topological polar surface area (TPSA) is 21.6 Å². The molecular weight excluding hydrogens is 353 g/mol. The van der Waals surface area contributed by atoms with Crippen LogP contribution in [0.5, 0.6) is 0 Å². The van der Waals surface area contributed by atoms with E-state index in [1.54, 1.807) is 12.1 Å². The highest BCUT2D eigenvalue weighted by Gasteiger charge is 2.40.